The SMILES string of the molecule is Cc1cccc(C)c1N=C(Nc1ccccc1)Nc1c(C)cccc1C. The predicted molar refractivity (Wildman–Crippen MR) is 113 cm³/mol. The second-order valence-electron chi connectivity index (χ2n) is 6.58. The summed E-state index contributed by atoms with van der Waals surface area (Å²) < 4.78 is 0. The molecule has 3 heteroatoms. The molecule has 0 amide bonds. The van der Waals surface area contributed by atoms with Gasteiger partial charge in [0.15, 0.2) is 0 Å². The van der Waals surface area contributed by atoms with Gasteiger partial charge in [0, 0.05) is 11.4 Å². The Labute approximate surface area is 155 Å². The summed E-state index contributed by atoms with van der Waals surface area (Å²) in [6, 6.07) is 22.6. The van der Waals surface area contributed by atoms with Crippen molar-refractivity contribution in [2.75, 3.05) is 10.6 Å². The smallest absolute Gasteiger partial charge is 0.205 e. The minimum atomic E-state index is 0.714. The molecule has 0 bridgehead atoms. The second-order valence-corrected chi connectivity index (χ2v) is 6.58. The van der Waals surface area contributed by atoms with Crippen LogP contribution in [0.15, 0.2) is 71.7 Å². The molecule has 0 aliphatic carbocycles. The molecule has 3 rings (SSSR count). The summed E-state index contributed by atoms with van der Waals surface area (Å²) in [4.78, 5) is 4.92. The zero-order valence-electron chi connectivity index (χ0n) is 15.8. The molecule has 3 aromatic rings. The molecule has 0 aliphatic heterocycles. The van der Waals surface area contributed by atoms with E-state index in [0.717, 1.165) is 28.2 Å². The quantitative estimate of drug-likeness (QED) is 0.443. The van der Waals surface area contributed by atoms with Gasteiger partial charge in [0.05, 0.1) is 5.69 Å². The van der Waals surface area contributed by atoms with Gasteiger partial charge < -0.3 is 10.6 Å². The molecule has 26 heavy (non-hydrogen) atoms. The van der Waals surface area contributed by atoms with Crippen LogP contribution in [-0.4, -0.2) is 5.96 Å². The normalized spacial score (nSPS) is 11.3. The van der Waals surface area contributed by atoms with Crippen LogP contribution in [0.1, 0.15) is 22.3 Å². The average molecular weight is 343 g/mol. The number of anilines is 2. The van der Waals surface area contributed by atoms with Gasteiger partial charge in [0.25, 0.3) is 0 Å². The number of nitrogens with zero attached hydrogens (tertiary/aromatic N) is 1. The highest BCUT2D eigenvalue weighted by atomic mass is 15.2. The first-order valence-corrected chi connectivity index (χ1v) is 8.85. The Bertz CT molecular complexity index is 887. The van der Waals surface area contributed by atoms with Crippen molar-refractivity contribution in [1.82, 2.24) is 0 Å². The van der Waals surface area contributed by atoms with E-state index in [9.17, 15) is 0 Å². The van der Waals surface area contributed by atoms with Crippen molar-refractivity contribution in [1.29, 1.82) is 0 Å². The number of para-hydroxylation sites is 3. The molecule has 132 valence electrons. The Morgan fingerprint density at radius 1 is 0.615 bits per heavy atom. The van der Waals surface area contributed by atoms with Crippen LogP contribution in [0.5, 0.6) is 0 Å². The maximum absolute atomic E-state index is 4.92. The Kier molecular flexibility index (Phi) is 5.37. The van der Waals surface area contributed by atoms with Crippen LogP contribution < -0.4 is 10.6 Å². The van der Waals surface area contributed by atoms with Crippen LogP contribution in [0.3, 0.4) is 0 Å². The molecule has 0 unspecified atom stereocenters. The van der Waals surface area contributed by atoms with Gasteiger partial charge in [-0.25, -0.2) is 4.99 Å². The molecule has 0 spiro atoms. The van der Waals surface area contributed by atoms with Crippen molar-refractivity contribution >= 4 is 23.0 Å². The number of benzene rings is 3. The number of aliphatic imine (C=N–C) groups is 1. The fourth-order valence-electron chi connectivity index (χ4n) is 2.97. The van der Waals surface area contributed by atoms with E-state index in [-0.39, 0.29) is 0 Å². The monoisotopic (exact) mass is 343 g/mol. The fourth-order valence-corrected chi connectivity index (χ4v) is 2.97. The van der Waals surface area contributed by atoms with Crippen molar-refractivity contribution in [3.8, 4) is 0 Å². The van der Waals surface area contributed by atoms with Crippen molar-refractivity contribution in [2.24, 2.45) is 4.99 Å². The Hall–Kier alpha value is -3.07. The number of hydrogen-bond donors (Lipinski definition) is 2. The summed E-state index contributed by atoms with van der Waals surface area (Å²) >= 11 is 0. The number of aryl methyl sites for hydroxylation is 4. The summed E-state index contributed by atoms with van der Waals surface area (Å²) in [5.41, 5.74) is 7.76. The van der Waals surface area contributed by atoms with E-state index >= 15 is 0 Å². The van der Waals surface area contributed by atoms with Gasteiger partial charge in [-0.1, -0.05) is 54.6 Å². The van der Waals surface area contributed by atoms with E-state index in [0.29, 0.717) is 5.96 Å². The van der Waals surface area contributed by atoms with E-state index in [1.807, 2.05) is 30.3 Å². The topological polar surface area (TPSA) is 36.4 Å². The van der Waals surface area contributed by atoms with Gasteiger partial charge in [0.1, 0.15) is 0 Å². The van der Waals surface area contributed by atoms with Gasteiger partial charge in [-0.05, 0) is 62.1 Å². The molecular weight excluding hydrogens is 318 g/mol. The Balaban J connectivity index is 2.03. The van der Waals surface area contributed by atoms with Crippen molar-refractivity contribution < 1.29 is 0 Å². The average Bonchev–Trinajstić information content (AvgIpc) is 2.62. The van der Waals surface area contributed by atoms with E-state index in [4.69, 9.17) is 4.99 Å². The van der Waals surface area contributed by atoms with E-state index in [1.54, 1.807) is 0 Å². The van der Waals surface area contributed by atoms with Crippen molar-refractivity contribution in [3.63, 3.8) is 0 Å². The summed E-state index contributed by atoms with van der Waals surface area (Å²) in [7, 11) is 0. The van der Waals surface area contributed by atoms with Crippen LogP contribution in [0.2, 0.25) is 0 Å². The molecule has 0 saturated carbocycles. The lowest BCUT2D eigenvalue weighted by atomic mass is 10.1. The lowest BCUT2D eigenvalue weighted by Crippen LogP contribution is -2.23. The number of hydrogen-bond acceptors (Lipinski definition) is 1. The highest BCUT2D eigenvalue weighted by molar-refractivity contribution is 6.05. The molecule has 0 aromatic heterocycles. The summed E-state index contributed by atoms with van der Waals surface area (Å²) in [5.74, 6) is 0.714. The van der Waals surface area contributed by atoms with Gasteiger partial charge in [-0.3, -0.25) is 0 Å². The minimum absolute atomic E-state index is 0.714. The number of guanidine groups is 1. The van der Waals surface area contributed by atoms with Crippen molar-refractivity contribution in [3.05, 3.63) is 89.0 Å². The van der Waals surface area contributed by atoms with Crippen LogP contribution in [0.25, 0.3) is 0 Å². The largest absolute Gasteiger partial charge is 0.326 e. The van der Waals surface area contributed by atoms with Crippen LogP contribution in [-0.2, 0) is 0 Å². The van der Waals surface area contributed by atoms with Gasteiger partial charge in [0.2, 0.25) is 5.96 Å². The molecule has 3 nitrogen and oxygen atoms in total. The summed E-state index contributed by atoms with van der Waals surface area (Å²) in [5, 5.41) is 6.93. The molecule has 0 saturated heterocycles. The minimum Gasteiger partial charge on any atom is -0.326 e. The molecule has 0 fully saturated rings. The molecular formula is C23H25N3. The Morgan fingerprint density at radius 3 is 1.73 bits per heavy atom. The van der Waals surface area contributed by atoms with Gasteiger partial charge >= 0.3 is 0 Å². The highest BCUT2D eigenvalue weighted by Gasteiger charge is 2.09. The van der Waals surface area contributed by atoms with Crippen LogP contribution >= 0.6 is 0 Å². The zero-order valence-corrected chi connectivity index (χ0v) is 15.8. The zero-order chi connectivity index (χ0) is 18.5. The summed E-state index contributed by atoms with van der Waals surface area (Å²) in [6.45, 7) is 8.39. The molecule has 3 aromatic carbocycles. The van der Waals surface area contributed by atoms with Crippen molar-refractivity contribution in [2.45, 2.75) is 27.7 Å². The van der Waals surface area contributed by atoms with E-state index in [1.165, 1.54) is 11.1 Å². The third kappa shape index (κ3) is 4.12. The third-order valence-corrected chi connectivity index (χ3v) is 4.42. The third-order valence-electron chi connectivity index (χ3n) is 4.42. The summed E-state index contributed by atoms with van der Waals surface area (Å²) in [6.07, 6.45) is 0. The first-order chi connectivity index (χ1) is 12.5. The van der Waals surface area contributed by atoms with Gasteiger partial charge in [-0.2, -0.15) is 0 Å². The van der Waals surface area contributed by atoms with Crippen LogP contribution in [0.4, 0.5) is 17.1 Å². The second kappa shape index (κ2) is 7.87. The first-order valence-electron chi connectivity index (χ1n) is 8.85. The van der Waals surface area contributed by atoms with E-state index in [2.05, 4.69) is 74.7 Å². The molecule has 0 aliphatic rings. The standard InChI is InChI=1S/C23H25N3/c1-16-10-8-11-17(2)21(16)25-23(24-20-14-6-5-7-15-20)26-22-18(3)12-9-13-19(22)4/h5-15H,1-4H3,(H2,24,25,26). The lowest BCUT2D eigenvalue weighted by molar-refractivity contribution is 1.31. The number of rotatable bonds is 3. The predicted octanol–water partition coefficient (Wildman–Crippen LogP) is 6.13. The molecule has 2 N–H and O–H groups in total. The molecule has 0 radical (unpaired) electrons. The first kappa shape index (κ1) is 17.7. The number of nitrogens with one attached hydrogen (secondary N) is 2. The maximum atomic E-state index is 4.92. The maximum Gasteiger partial charge on any atom is 0.205 e. The Morgan fingerprint density at radius 2 is 1.15 bits per heavy atom. The fraction of sp³-hybridized carbons (Fsp3) is 0.174. The molecule has 0 atom stereocenters. The van der Waals surface area contributed by atoms with E-state index < -0.39 is 0 Å². The lowest BCUT2D eigenvalue weighted by Gasteiger charge is -2.17. The highest BCUT2D eigenvalue weighted by Crippen LogP contribution is 2.25. The molecule has 0 heterocycles. The van der Waals surface area contributed by atoms with Gasteiger partial charge in [-0.15, -0.1) is 0 Å². The van der Waals surface area contributed by atoms with Crippen LogP contribution in [0, 0.1) is 27.7 Å².